The first-order valence-electron chi connectivity index (χ1n) is 10.9. The molecule has 0 fully saturated rings. The highest BCUT2D eigenvalue weighted by Crippen LogP contribution is 2.26. The minimum atomic E-state index is -0.000314. The summed E-state index contributed by atoms with van der Waals surface area (Å²) in [7, 11) is 1.63. The Bertz CT molecular complexity index is 1460. The van der Waals surface area contributed by atoms with Crippen molar-refractivity contribution in [3.63, 3.8) is 0 Å². The van der Waals surface area contributed by atoms with Gasteiger partial charge in [-0.1, -0.05) is 42.5 Å². The molecule has 0 aliphatic heterocycles. The van der Waals surface area contributed by atoms with Crippen LogP contribution in [0.5, 0.6) is 5.75 Å². The number of hydrogen-bond donors (Lipinski definition) is 0. The fourth-order valence-corrected chi connectivity index (χ4v) is 4.92. The molecule has 0 aliphatic rings. The number of rotatable bonds is 9. The monoisotopic (exact) mass is 566 g/mol. The largest absolute Gasteiger partial charge is 0.491 e. The lowest BCUT2D eigenvalue weighted by Crippen LogP contribution is -2.08. The van der Waals surface area contributed by atoms with Crippen LogP contribution >= 0.6 is 22.6 Å². The van der Waals surface area contributed by atoms with Crippen molar-refractivity contribution in [1.29, 1.82) is 0 Å². The number of benzene rings is 2. The third-order valence-corrected chi connectivity index (χ3v) is 6.43. The molecule has 8 heteroatoms. The molecule has 5 aromatic rings. The van der Waals surface area contributed by atoms with E-state index in [9.17, 15) is 4.79 Å². The van der Waals surface area contributed by atoms with Gasteiger partial charge in [0.25, 0.3) is 0 Å². The highest BCUT2D eigenvalue weighted by Gasteiger charge is 2.18. The Hall–Kier alpha value is -3.24. The van der Waals surface area contributed by atoms with Crippen molar-refractivity contribution in [2.24, 2.45) is 0 Å². The smallest absolute Gasteiger partial charge is 0.185 e. The molecule has 0 saturated carbocycles. The second kappa shape index (κ2) is 9.94. The number of ether oxygens (including phenoxy) is 2. The minimum Gasteiger partial charge on any atom is -0.491 e. The number of pyridine rings is 1. The summed E-state index contributed by atoms with van der Waals surface area (Å²) in [6.45, 7) is 1.65. The van der Waals surface area contributed by atoms with Gasteiger partial charge in [-0.15, -0.1) is 0 Å². The Labute approximate surface area is 210 Å². The van der Waals surface area contributed by atoms with E-state index >= 15 is 0 Å². The van der Waals surface area contributed by atoms with Crippen LogP contribution < -0.4 is 4.74 Å². The Morgan fingerprint density at radius 1 is 1.06 bits per heavy atom. The molecule has 5 rings (SSSR count). The van der Waals surface area contributed by atoms with Gasteiger partial charge in [-0.3, -0.25) is 13.9 Å². The zero-order valence-electron chi connectivity index (χ0n) is 18.6. The van der Waals surface area contributed by atoms with Gasteiger partial charge >= 0.3 is 0 Å². The lowest BCUT2D eigenvalue weighted by molar-refractivity contribution is 0.0987. The summed E-state index contributed by atoms with van der Waals surface area (Å²) in [5, 5.41) is 5.78. The molecule has 0 unspecified atom stereocenters. The maximum Gasteiger partial charge on any atom is 0.185 e. The highest BCUT2D eigenvalue weighted by atomic mass is 127. The summed E-state index contributed by atoms with van der Waals surface area (Å²) >= 11 is 2.26. The Morgan fingerprint density at radius 3 is 2.74 bits per heavy atom. The SMILES string of the molecule is COCCOc1ccn2c(C(=O)Cc3cccc4c3c(I)nn4Cc3ccccc3)cnc2c1. The van der Waals surface area contributed by atoms with Crippen LogP contribution in [0.15, 0.2) is 73.1 Å². The third-order valence-electron chi connectivity index (χ3n) is 5.67. The number of halogens is 1. The average Bonchev–Trinajstić information content (AvgIpc) is 3.41. The van der Waals surface area contributed by atoms with Crippen molar-refractivity contribution in [2.45, 2.75) is 13.0 Å². The van der Waals surface area contributed by atoms with Crippen LogP contribution in [0.3, 0.4) is 0 Å². The average molecular weight is 566 g/mol. The Kier molecular flexibility index (Phi) is 6.59. The summed E-state index contributed by atoms with van der Waals surface area (Å²) in [5.41, 5.74) is 4.38. The number of ketones is 1. The van der Waals surface area contributed by atoms with Crippen LogP contribution in [0.25, 0.3) is 16.6 Å². The molecular weight excluding hydrogens is 543 g/mol. The second-order valence-corrected chi connectivity index (χ2v) is 8.94. The van der Waals surface area contributed by atoms with Crippen LogP contribution in [0.4, 0.5) is 0 Å². The zero-order chi connectivity index (χ0) is 23.5. The van der Waals surface area contributed by atoms with Crippen molar-refractivity contribution in [2.75, 3.05) is 20.3 Å². The number of imidazole rings is 1. The van der Waals surface area contributed by atoms with Crippen LogP contribution in [-0.4, -0.2) is 45.3 Å². The molecule has 0 N–H and O–H groups in total. The van der Waals surface area contributed by atoms with Crippen LogP contribution in [0.1, 0.15) is 21.6 Å². The third kappa shape index (κ3) is 4.55. The number of carbonyl (C=O) groups is 1. The highest BCUT2D eigenvalue weighted by molar-refractivity contribution is 14.1. The maximum absolute atomic E-state index is 13.3. The number of aromatic nitrogens is 4. The van der Waals surface area contributed by atoms with E-state index < -0.39 is 0 Å². The number of nitrogens with zero attached hydrogens (tertiary/aromatic N) is 4. The summed E-state index contributed by atoms with van der Waals surface area (Å²) in [5.74, 6) is 0.693. The van der Waals surface area contributed by atoms with Gasteiger partial charge in [0.1, 0.15) is 27.4 Å². The normalized spacial score (nSPS) is 11.4. The van der Waals surface area contributed by atoms with Crippen LogP contribution in [-0.2, 0) is 17.7 Å². The lowest BCUT2D eigenvalue weighted by atomic mass is 10.0. The number of Topliss-reactive ketones (excluding diaryl/α,β-unsaturated/α-hetero) is 1. The van der Waals surface area contributed by atoms with Gasteiger partial charge < -0.3 is 9.47 Å². The fraction of sp³-hybridized carbons (Fsp3) is 0.192. The topological polar surface area (TPSA) is 70.7 Å². The van der Waals surface area contributed by atoms with E-state index in [-0.39, 0.29) is 12.2 Å². The summed E-state index contributed by atoms with van der Waals surface area (Å²) < 4.78 is 15.4. The van der Waals surface area contributed by atoms with Gasteiger partial charge in [-0.2, -0.15) is 5.10 Å². The summed E-state index contributed by atoms with van der Waals surface area (Å²) in [4.78, 5) is 17.7. The van der Waals surface area contributed by atoms with Crippen molar-refractivity contribution in [3.8, 4) is 5.75 Å². The number of fused-ring (bicyclic) bond motifs is 2. The lowest BCUT2D eigenvalue weighted by Gasteiger charge is -2.07. The molecule has 0 saturated heterocycles. The van der Waals surface area contributed by atoms with Crippen LogP contribution in [0.2, 0.25) is 0 Å². The predicted octanol–water partition coefficient (Wildman–Crippen LogP) is 4.79. The second-order valence-electron chi connectivity index (χ2n) is 7.92. The minimum absolute atomic E-state index is 0.000314. The molecule has 0 spiro atoms. The molecule has 0 radical (unpaired) electrons. The molecule has 3 heterocycles. The first kappa shape index (κ1) is 22.5. The summed E-state index contributed by atoms with van der Waals surface area (Å²) in [6.07, 6.45) is 3.71. The molecule has 7 nitrogen and oxygen atoms in total. The summed E-state index contributed by atoms with van der Waals surface area (Å²) in [6, 6.07) is 19.9. The molecule has 0 bridgehead atoms. The van der Waals surface area contributed by atoms with Gasteiger partial charge in [0.05, 0.1) is 24.9 Å². The van der Waals surface area contributed by atoms with Crippen molar-refractivity contribution < 1.29 is 14.3 Å². The molecule has 0 amide bonds. The number of methoxy groups -OCH3 is 1. The number of hydrogen-bond acceptors (Lipinski definition) is 5. The molecule has 172 valence electrons. The molecule has 0 atom stereocenters. The van der Waals surface area contributed by atoms with Gasteiger partial charge in [0, 0.05) is 31.2 Å². The van der Waals surface area contributed by atoms with Crippen molar-refractivity contribution in [1.82, 2.24) is 19.2 Å². The van der Waals surface area contributed by atoms with Gasteiger partial charge in [0.2, 0.25) is 0 Å². The molecule has 2 aromatic carbocycles. The Balaban J connectivity index is 1.41. The van der Waals surface area contributed by atoms with E-state index in [0.29, 0.717) is 36.8 Å². The van der Waals surface area contributed by atoms with Gasteiger partial charge in [-0.25, -0.2) is 4.98 Å². The van der Waals surface area contributed by atoms with Gasteiger partial charge in [-0.05, 0) is 45.9 Å². The first-order valence-corrected chi connectivity index (χ1v) is 12.0. The molecule has 0 aliphatic carbocycles. The predicted molar refractivity (Wildman–Crippen MR) is 139 cm³/mol. The molecule has 3 aromatic heterocycles. The quantitative estimate of drug-likeness (QED) is 0.146. The standard InChI is InChI=1S/C26H23IN4O3/c1-33-12-13-34-20-10-11-30-22(16-28-24(30)15-20)23(32)14-19-8-5-9-21-25(19)26(27)29-31(21)17-18-6-3-2-4-7-18/h2-11,15-16H,12-14,17H2,1H3. The van der Waals surface area contributed by atoms with E-state index in [1.54, 1.807) is 17.7 Å². The van der Waals surface area contributed by atoms with Crippen molar-refractivity contribution >= 4 is 44.9 Å². The van der Waals surface area contributed by atoms with Crippen molar-refractivity contribution in [3.05, 3.63) is 93.6 Å². The van der Waals surface area contributed by atoms with E-state index in [2.05, 4.69) is 45.8 Å². The number of carbonyl (C=O) groups excluding carboxylic acids is 1. The van der Waals surface area contributed by atoms with Gasteiger partial charge in [0.15, 0.2) is 5.78 Å². The molecule has 34 heavy (non-hydrogen) atoms. The Morgan fingerprint density at radius 2 is 1.91 bits per heavy atom. The van der Waals surface area contributed by atoms with Crippen LogP contribution in [0, 0.1) is 3.70 Å². The maximum atomic E-state index is 13.3. The zero-order valence-corrected chi connectivity index (χ0v) is 20.8. The van der Waals surface area contributed by atoms with E-state index in [4.69, 9.17) is 14.6 Å². The molecular formula is C26H23IN4O3. The van der Waals surface area contributed by atoms with E-state index in [1.807, 2.05) is 53.3 Å². The van der Waals surface area contributed by atoms with E-state index in [1.165, 1.54) is 5.56 Å². The first-order chi connectivity index (χ1) is 16.6. The van der Waals surface area contributed by atoms with E-state index in [0.717, 1.165) is 20.2 Å². The fourth-order valence-electron chi connectivity index (χ4n) is 4.04.